The van der Waals surface area contributed by atoms with E-state index in [0.29, 0.717) is 50.4 Å². The Morgan fingerprint density at radius 3 is 2.31 bits per heavy atom. The summed E-state index contributed by atoms with van der Waals surface area (Å²) in [5.41, 5.74) is -0.312. The molecule has 3 heterocycles. The SMILES string of the molecule is CC(c1ccc(NC(=O)C(NC(=O)C(F)(F)c2cccc(C#N)c2)C2CCCCCC2)c(F)c1)C(NC(=O)c1ccnn1C1CCN(C)CC1)C(=O)N1CCOCC1. The van der Waals surface area contributed by atoms with Gasteiger partial charge in [0.25, 0.3) is 11.8 Å². The van der Waals surface area contributed by atoms with E-state index in [-0.39, 0.29) is 23.2 Å². The van der Waals surface area contributed by atoms with E-state index in [1.807, 2.05) is 7.05 Å². The standard InChI is InChI=1S/C42H51F3N8O5/c1-27(36(40(56)52-20-22-58-23-21-52)49-38(54)35-14-17-47-53(35)32-15-18-51(2)19-16-32)30-12-13-34(33(43)25-30)48-39(55)37(29-9-5-3-4-6-10-29)50-41(57)42(44,45)31-11-7-8-28(24-31)26-46/h7-8,11-14,17,24-25,27,29,32,36-37H,3-6,9-10,15-16,18-23H2,1-2H3,(H,48,55)(H,49,54)(H,50,57). The molecule has 3 fully saturated rings. The molecule has 4 amide bonds. The molecule has 2 aromatic carbocycles. The maximum absolute atomic E-state index is 16.0. The van der Waals surface area contributed by atoms with Crippen LogP contribution in [-0.2, 0) is 25.0 Å². The summed E-state index contributed by atoms with van der Waals surface area (Å²) in [6, 6.07) is 9.49. The van der Waals surface area contributed by atoms with Crippen LogP contribution in [0.3, 0.4) is 0 Å². The van der Waals surface area contributed by atoms with Crippen LogP contribution < -0.4 is 16.0 Å². The minimum Gasteiger partial charge on any atom is -0.378 e. The molecule has 16 heteroatoms. The summed E-state index contributed by atoms with van der Waals surface area (Å²) in [5.74, 6) is -9.54. The number of hydrogen-bond acceptors (Lipinski definition) is 8. The Labute approximate surface area is 336 Å². The number of carbonyl (C=O) groups is 4. The van der Waals surface area contributed by atoms with Crippen LogP contribution in [0.2, 0.25) is 0 Å². The summed E-state index contributed by atoms with van der Waals surface area (Å²) >= 11 is 0. The van der Waals surface area contributed by atoms with E-state index in [1.165, 1.54) is 30.3 Å². The molecule has 1 aromatic heterocycles. The summed E-state index contributed by atoms with van der Waals surface area (Å²) in [6.45, 7) is 4.72. The van der Waals surface area contributed by atoms with Crippen LogP contribution in [0.1, 0.15) is 97.4 Å². The lowest BCUT2D eigenvalue weighted by Crippen LogP contribution is -2.54. The highest BCUT2D eigenvalue weighted by molar-refractivity contribution is 5.99. The van der Waals surface area contributed by atoms with Crippen LogP contribution in [0.5, 0.6) is 0 Å². The van der Waals surface area contributed by atoms with Crippen LogP contribution in [0.25, 0.3) is 0 Å². The third kappa shape index (κ3) is 9.87. The molecule has 0 bridgehead atoms. The van der Waals surface area contributed by atoms with Gasteiger partial charge in [0.15, 0.2) is 0 Å². The average Bonchev–Trinajstić information content (AvgIpc) is 3.58. The van der Waals surface area contributed by atoms with Crippen LogP contribution in [0, 0.1) is 23.1 Å². The average molecular weight is 805 g/mol. The highest BCUT2D eigenvalue weighted by Gasteiger charge is 2.44. The van der Waals surface area contributed by atoms with Crippen molar-refractivity contribution in [2.24, 2.45) is 5.92 Å². The van der Waals surface area contributed by atoms with E-state index in [9.17, 15) is 24.4 Å². The first-order valence-corrected chi connectivity index (χ1v) is 20.1. The third-order valence-electron chi connectivity index (χ3n) is 11.7. The summed E-state index contributed by atoms with van der Waals surface area (Å²) < 4.78 is 54.1. The van der Waals surface area contributed by atoms with Crippen molar-refractivity contribution in [3.63, 3.8) is 0 Å². The molecular formula is C42H51F3N8O5. The lowest BCUT2D eigenvalue weighted by atomic mass is 9.90. The molecule has 6 rings (SSSR count). The van der Waals surface area contributed by atoms with Gasteiger partial charge in [-0.15, -0.1) is 0 Å². The number of likely N-dealkylation sites (tertiary alicyclic amines) is 1. The maximum atomic E-state index is 16.0. The predicted octanol–water partition coefficient (Wildman–Crippen LogP) is 5.11. The van der Waals surface area contributed by atoms with Gasteiger partial charge in [-0.1, -0.05) is 50.8 Å². The van der Waals surface area contributed by atoms with Crippen LogP contribution >= 0.6 is 0 Å². The Bertz CT molecular complexity index is 1980. The number of morpholine rings is 1. The van der Waals surface area contributed by atoms with Gasteiger partial charge in [0.1, 0.15) is 23.6 Å². The molecule has 13 nitrogen and oxygen atoms in total. The van der Waals surface area contributed by atoms with Crippen molar-refractivity contribution in [2.75, 3.05) is 51.8 Å². The largest absolute Gasteiger partial charge is 0.378 e. The maximum Gasteiger partial charge on any atom is 0.349 e. The summed E-state index contributed by atoms with van der Waals surface area (Å²) in [7, 11) is 2.04. The molecule has 3 aromatic rings. The van der Waals surface area contributed by atoms with Crippen LogP contribution in [-0.4, -0.2) is 102 Å². The van der Waals surface area contributed by atoms with Crippen molar-refractivity contribution < 1.29 is 37.1 Å². The number of nitrogens with zero attached hydrogens (tertiary/aromatic N) is 5. The zero-order valence-corrected chi connectivity index (χ0v) is 32.9. The molecule has 310 valence electrons. The number of halogens is 3. The second-order valence-electron chi connectivity index (χ2n) is 15.6. The van der Waals surface area contributed by atoms with Gasteiger partial charge in [0.2, 0.25) is 11.8 Å². The van der Waals surface area contributed by atoms with E-state index >= 15 is 13.2 Å². The van der Waals surface area contributed by atoms with Gasteiger partial charge in [0, 0.05) is 30.8 Å². The Morgan fingerprint density at radius 2 is 1.64 bits per heavy atom. The van der Waals surface area contributed by atoms with Gasteiger partial charge in [0.05, 0.1) is 36.6 Å². The molecular weight excluding hydrogens is 754 g/mol. The first-order valence-electron chi connectivity index (χ1n) is 20.1. The Morgan fingerprint density at radius 1 is 0.931 bits per heavy atom. The topological polar surface area (TPSA) is 162 Å². The second-order valence-corrected chi connectivity index (χ2v) is 15.6. The van der Waals surface area contributed by atoms with Gasteiger partial charge in [-0.25, -0.2) is 4.39 Å². The molecule has 1 saturated carbocycles. The van der Waals surface area contributed by atoms with Gasteiger partial charge in [-0.05, 0) is 87.6 Å². The molecule has 0 spiro atoms. The van der Waals surface area contributed by atoms with Crippen molar-refractivity contribution in [1.82, 2.24) is 30.2 Å². The van der Waals surface area contributed by atoms with Crippen molar-refractivity contribution in [1.29, 1.82) is 5.26 Å². The summed E-state index contributed by atoms with van der Waals surface area (Å²) in [5, 5.41) is 21.4. The van der Waals surface area contributed by atoms with Gasteiger partial charge >= 0.3 is 5.92 Å². The van der Waals surface area contributed by atoms with Gasteiger partial charge in [-0.3, -0.25) is 23.9 Å². The predicted molar refractivity (Wildman–Crippen MR) is 208 cm³/mol. The van der Waals surface area contributed by atoms with E-state index in [1.54, 1.807) is 34.8 Å². The lowest BCUT2D eigenvalue weighted by Gasteiger charge is -2.34. The third-order valence-corrected chi connectivity index (χ3v) is 11.7. The summed E-state index contributed by atoms with van der Waals surface area (Å²) in [6.07, 6.45) is 7.41. The number of aromatic nitrogens is 2. The highest BCUT2D eigenvalue weighted by atomic mass is 19.3. The number of nitrogens with one attached hydrogen (secondary N) is 3. The van der Waals surface area contributed by atoms with E-state index in [2.05, 4.69) is 25.9 Å². The lowest BCUT2D eigenvalue weighted by molar-refractivity contribution is -0.149. The second kappa shape index (κ2) is 19.0. The van der Waals surface area contributed by atoms with Crippen molar-refractivity contribution in [3.05, 3.63) is 82.9 Å². The molecule has 3 atom stereocenters. The van der Waals surface area contributed by atoms with Crippen LogP contribution in [0.4, 0.5) is 18.9 Å². The number of ether oxygens (including phenoxy) is 1. The van der Waals surface area contributed by atoms with Crippen molar-refractivity contribution in [3.8, 4) is 6.07 Å². The Balaban J connectivity index is 1.21. The van der Waals surface area contributed by atoms with Crippen molar-refractivity contribution >= 4 is 29.3 Å². The van der Waals surface area contributed by atoms with E-state index < -0.39 is 58.9 Å². The number of piperidine rings is 1. The number of carbonyl (C=O) groups excluding carboxylic acids is 4. The Kier molecular flexibility index (Phi) is 13.9. The number of anilines is 1. The molecule has 0 radical (unpaired) electrons. The number of amides is 4. The molecule has 2 saturated heterocycles. The fourth-order valence-corrected chi connectivity index (χ4v) is 8.13. The Hall–Kier alpha value is -5.27. The van der Waals surface area contributed by atoms with Gasteiger partial charge < -0.3 is 30.5 Å². The smallest absolute Gasteiger partial charge is 0.349 e. The number of benzene rings is 2. The zero-order chi connectivity index (χ0) is 41.4. The van der Waals surface area contributed by atoms with E-state index in [4.69, 9.17) is 4.74 Å². The summed E-state index contributed by atoms with van der Waals surface area (Å²) in [4.78, 5) is 58.8. The molecule has 3 unspecified atom stereocenters. The molecule has 3 N–H and O–H groups in total. The number of alkyl halides is 2. The minimum absolute atomic E-state index is 0.0167. The first kappa shape index (κ1) is 42.3. The number of nitriles is 1. The monoisotopic (exact) mass is 804 g/mol. The zero-order valence-electron chi connectivity index (χ0n) is 32.9. The van der Waals surface area contributed by atoms with Crippen LogP contribution in [0.15, 0.2) is 54.7 Å². The molecule has 3 aliphatic rings. The fourth-order valence-electron chi connectivity index (χ4n) is 8.13. The molecule has 2 aliphatic heterocycles. The highest BCUT2D eigenvalue weighted by Crippen LogP contribution is 2.32. The quantitative estimate of drug-likeness (QED) is 0.213. The minimum atomic E-state index is -4.06. The number of rotatable bonds is 12. The van der Waals surface area contributed by atoms with Crippen molar-refractivity contribution in [2.45, 2.75) is 88.3 Å². The fraction of sp³-hybridized carbons (Fsp3) is 0.524. The first-order chi connectivity index (χ1) is 27.9. The van der Waals surface area contributed by atoms with Gasteiger partial charge in [-0.2, -0.15) is 19.1 Å². The normalized spacial score (nSPS) is 18.9. The molecule has 1 aliphatic carbocycles. The number of hydrogen-bond donors (Lipinski definition) is 3. The molecule has 58 heavy (non-hydrogen) atoms. The van der Waals surface area contributed by atoms with E-state index in [0.717, 1.165) is 63.7 Å².